The Bertz CT molecular complexity index is 1160. The van der Waals surface area contributed by atoms with E-state index in [1.807, 2.05) is 36.4 Å². The quantitative estimate of drug-likeness (QED) is 0.325. The van der Waals surface area contributed by atoms with E-state index in [-0.39, 0.29) is 17.9 Å². The van der Waals surface area contributed by atoms with E-state index >= 15 is 0 Å². The minimum absolute atomic E-state index is 0.0749. The number of aliphatic hydroxyl groups is 1. The number of carbonyl (C=O) groups excluding carboxylic acids is 2. The molecular formula is C27H26N2O4. The summed E-state index contributed by atoms with van der Waals surface area (Å²) in [5, 5.41) is 11.2. The smallest absolute Gasteiger partial charge is 0.295 e. The molecule has 0 radical (unpaired) electrons. The summed E-state index contributed by atoms with van der Waals surface area (Å²) in [5.41, 5.74) is 2.07. The van der Waals surface area contributed by atoms with Gasteiger partial charge < -0.3 is 14.7 Å². The average molecular weight is 443 g/mol. The number of nitrogens with zero attached hydrogens (tertiary/aromatic N) is 2. The number of benzene rings is 2. The molecule has 0 spiro atoms. The van der Waals surface area contributed by atoms with Gasteiger partial charge in [0, 0.05) is 24.5 Å². The van der Waals surface area contributed by atoms with Gasteiger partial charge in [0.15, 0.2) is 0 Å². The number of ketones is 1. The summed E-state index contributed by atoms with van der Waals surface area (Å²) in [6.07, 6.45) is 3.32. The van der Waals surface area contributed by atoms with Crippen LogP contribution < -0.4 is 4.74 Å². The van der Waals surface area contributed by atoms with Crippen LogP contribution in [-0.4, -0.2) is 33.3 Å². The third-order valence-electron chi connectivity index (χ3n) is 5.44. The van der Waals surface area contributed by atoms with E-state index in [2.05, 4.69) is 18.8 Å². The van der Waals surface area contributed by atoms with E-state index in [0.717, 1.165) is 11.1 Å². The van der Waals surface area contributed by atoms with E-state index < -0.39 is 17.7 Å². The maximum Gasteiger partial charge on any atom is 0.295 e. The Kier molecular flexibility index (Phi) is 6.54. The van der Waals surface area contributed by atoms with E-state index in [0.29, 0.717) is 23.8 Å². The van der Waals surface area contributed by atoms with E-state index in [1.54, 1.807) is 42.7 Å². The Morgan fingerprint density at radius 2 is 1.76 bits per heavy atom. The molecule has 6 nitrogen and oxygen atoms in total. The molecule has 1 unspecified atom stereocenters. The third-order valence-corrected chi connectivity index (χ3v) is 5.44. The molecule has 1 atom stereocenters. The molecule has 0 saturated carbocycles. The minimum atomic E-state index is -0.705. The SMILES string of the molecule is CC(C)COc1ccc(C(O)=C2C(=O)C(=O)N(Cc3cccnc3)C2c2ccccc2)cc1. The first-order valence-corrected chi connectivity index (χ1v) is 10.9. The van der Waals surface area contributed by atoms with Gasteiger partial charge in [-0.2, -0.15) is 0 Å². The maximum atomic E-state index is 13.1. The summed E-state index contributed by atoms with van der Waals surface area (Å²) in [7, 11) is 0. The fourth-order valence-electron chi connectivity index (χ4n) is 3.84. The third kappa shape index (κ3) is 4.80. The van der Waals surface area contributed by atoms with Gasteiger partial charge in [0.25, 0.3) is 11.7 Å². The van der Waals surface area contributed by atoms with Crippen LogP contribution in [0.4, 0.5) is 0 Å². The number of pyridine rings is 1. The summed E-state index contributed by atoms with van der Waals surface area (Å²) in [4.78, 5) is 31.7. The molecule has 1 saturated heterocycles. The molecule has 1 N–H and O–H groups in total. The van der Waals surface area contributed by atoms with Gasteiger partial charge in [0.05, 0.1) is 18.2 Å². The second kappa shape index (κ2) is 9.69. The molecule has 33 heavy (non-hydrogen) atoms. The van der Waals surface area contributed by atoms with Crippen molar-refractivity contribution in [1.29, 1.82) is 0 Å². The number of carbonyl (C=O) groups is 2. The zero-order valence-corrected chi connectivity index (χ0v) is 18.6. The van der Waals surface area contributed by atoms with Crippen molar-refractivity contribution in [3.05, 3.63) is 101 Å². The van der Waals surface area contributed by atoms with Gasteiger partial charge in [0.1, 0.15) is 11.5 Å². The molecule has 168 valence electrons. The summed E-state index contributed by atoms with van der Waals surface area (Å²) < 4.78 is 5.71. The Hall–Kier alpha value is -3.93. The molecule has 2 aromatic carbocycles. The number of amides is 1. The van der Waals surface area contributed by atoms with Crippen molar-refractivity contribution in [2.75, 3.05) is 6.61 Å². The Morgan fingerprint density at radius 1 is 1.03 bits per heavy atom. The number of hydrogen-bond acceptors (Lipinski definition) is 5. The van der Waals surface area contributed by atoms with E-state index in [1.165, 1.54) is 4.90 Å². The topological polar surface area (TPSA) is 79.7 Å². The highest BCUT2D eigenvalue weighted by molar-refractivity contribution is 6.46. The molecule has 1 aliphatic heterocycles. The van der Waals surface area contributed by atoms with Gasteiger partial charge in [-0.3, -0.25) is 14.6 Å². The minimum Gasteiger partial charge on any atom is -0.507 e. The Balaban J connectivity index is 1.74. The van der Waals surface area contributed by atoms with Gasteiger partial charge in [-0.05, 0) is 47.4 Å². The number of aliphatic hydroxyl groups excluding tert-OH is 1. The molecule has 1 fully saturated rings. The van der Waals surface area contributed by atoms with Gasteiger partial charge in [-0.15, -0.1) is 0 Å². The van der Waals surface area contributed by atoms with Crippen LogP contribution in [0.3, 0.4) is 0 Å². The standard InChI is InChI=1S/C27H26N2O4/c1-18(2)17-33-22-12-10-21(11-13-22)25(30)23-24(20-8-4-3-5-9-20)29(27(32)26(23)31)16-19-7-6-14-28-15-19/h3-15,18,24,30H,16-17H2,1-2H3. The van der Waals surface area contributed by atoms with Crippen LogP contribution in [-0.2, 0) is 16.1 Å². The summed E-state index contributed by atoms with van der Waals surface area (Å²) in [5.74, 6) is -0.487. The predicted octanol–water partition coefficient (Wildman–Crippen LogP) is 4.74. The average Bonchev–Trinajstić information content (AvgIpc) is 3.09. The normalized spacial score (nSPS) is 17.5. The molecule has 1 aliphatic rings. The highest BCUT2D eigenvalue weighted by atomic mass is 16.5. The van der Waals surface area contributed by atoms with Gasteiger partial charge in [0.2, 0.25) is 0 Å². The zero-order valence-electron chi connectivity index (χ0n) is 18.6. The van der Waals surface area contributed by atoms with Crippen molar-refractivity contribution in [2.45, 2.75) is 26.4 Å². The second-order valence-corrected chi connectivity index (χ2v) is 8.43. The first-order valence-electron chi connectivity index (χ1n) is 10.9. The maximum absolute atomic E-state index is 13.1. The Morgan fingerprint density at radius 3 is 2.39 bits per heavy atom. The first kappa shape index (κ1) is 22.3. The molecule has 0 aliphatic carbocycles. The fourth-order valence-corrected chi connectivity index (χ4v) is 3.84. The zero-order chi connectivity index (χ0) is 23.4. The number of hydrogen-bond donors (Lipinski definition) is 1. The number of likely N-dealkylation sites (tertiary alicyclic amines) is 1. The molecular weight excluding hydrogens is 416 g/mol. The van der Waals surface area contributed by atoms with Crippen molar-refractivity contribution in [3.8, 4) is 5.75 Å². The lowest BCUT2D eigenvalue weighted by Gasteiger charge is -2.25. The first-order chi connectivity index (χ1) is 16.0. The fraction of sp³-hybridized carbons (Fsp3) is 0.222. The van der Waals surface area contributed by atoms with E-state index in [4.69, 9.17) is 4.74 Å². The van der Waals surface area contributed by atoms with Crippen LogP contribution >= 0.6 is 0 Å². The highest BCUT2D eigenvalue weighted by Crippen LogP contribution is 2.40. The van der Waals surface area contributed by atoms with Gasteiger partial charge in [-0.25, -0.2) is 0 Å². The van der Waals surface area contributed by atoms with Crippen molar-refractivity contribution in [2.24, 2.45) is 5.92 Å². The lowest BCUT2D eigenvalue weighted by molar-refractivity contribution is -0.140. The number of ether oxygens (including phenoxy) is 1. The number of aromatic nitrogens is 1. The second-order valence-electron chi connectivity index (χ2n) is 8.43. The van der Waals surface area contributed by atoms with Crippen LogP contribution in [0, 0.1) is 5.92 Å². The Labute approximate surface area is 193 Å². The molecule has 6 heteroatoms. The van der Waals surface area contributed by atoms with Crippen LogP contribution in [0.2, 0.25) is 0 Å². The van der Waals surface area contributed by atoms with Crippen LogP contribution in [0.25, 0.3) is 5.76 Å². The number of Topliss-reactive ketones (excluding diaryl/α,β-unsaturated/α-hetero) is 1. The summed E-state index contributed by atoms with van der Waals surface area (Å²) in [6.45, 7) is 4.91. The van der Waals surface area contributed by atoms with Crippen LogP contribution in [0.15, 0.2) is 84.7 Å². The van der Waals surface area contributed by atoms with Gasteiger partial charge in [-0.1, -0.05) is 50.2 Å². The van der Waals surface area contributed by atoms with Crippen molar-refractivity contribution in [1.82, 2.24) is 9.88 Å². The lowest BCUT2D eigenvalue weighted by atomic mass is 9.95. The van der Waals surface area contributed by atoms with Gasteiger partial charge >= 0.3 is 0 Å². The predicted molar refractivity (Wildman–Crippen MR) is 125 cm³/mol. The van der Waals surface area contributed by atoms with Crippen molar-refractivity contribution < 1.29 is 19.4 Å². The molecule has 4 rings (SSSR count). The molecule has 1 amide bonds. The number of rotatable bonds is 7. The molecule has 2 heterocycles. The summed E-state index contributed by atoms with van der Waals surface area (Å²) >= 11 is 0. The molecule has 3 aromatic rings. The highest BCUT2D eigenvalue weighted by Gasteiger charge is 2.46. The van der Waals surface area contributed by atoms with Crippen LogP contribution in [0.5, 0.6) is 5.75 Å². The lowest BCUT2D eigenvalue weighted by Crippen LogP contribution is -2.29. The van der Waals surface area contributed by atoms with E-state index in [9.17, 15) is 14.7 Å². The monoisotopic (exact) mass is 442 g/mol. The van der Waals surface area contributed by atoms with Crippen molar-refractivity contribution >= 4 is 17.4 Å². The molecule has 1 aromatic heterocycles. The summed E-state index contributed by atoms with van der Waals surface area (Å²) in [6, 6.07) is 19.1. The largest absolute Gasteiger partial charge is 0.507 e. The van der Waals surface area contributed by atoms with Crippen molar-refractivity contribution in [3.63, 3.8) is 0 Å². The molecule has 0 bridgehead atoms. The van der Waals surface area contributed by atoms with Crippen LogP contribution in [0.1, 0.15) is 36.6 Å².